The Kier molecular flexibility index (Phi) is 2.22. The zero-order valence-corrected chi connectivity index (χ0v) is 7.97. The molecule has 0 spiro atoms. The fourth-order valence-corrected chi connectivity index (χ4v) is 2.79. The van der Waals surface area contributed by atoms with Gasteiger partial charge in [0.15, 0.2) is 0 Å². The first-order valence-electron chi connectivity index (χ1n) is 5.13. The van der Waals surface area contributed by atoms with Crippen LogP contribution in [-0.4, -0.2) is 13.1 Å². The van der Waals surface area contributed by atoms with E-state index in [0.29, 0.717) is 0 Å². The largest absolute Gasteiger partial charge is 0.316 e. The molecule has 0 aromatic heterocycles. The Balaban J connectivity index is 1.98. The summed E-state index contributed by atoms with van der Waals surface area (Å²) in [5.74, 6) is 2.80. The van der Waals surface area contributed by atoms with Crippen molar-refractivity contribution in [3.63, 3.8) is 0 Å². The molecule has 1 heteroatoms. The van der Waals surface area contributed by atoms with E-state index in [2.05, 4.69) is 18.8 Å². The number of rotatable bonds is 1. The molecule has 1 nitrogen and oxygen atoms in total. The fraction of sp³-hybridized carbons (Fsp3) is 0.818. The van der Waals surface area contributed by atoms with Gasteiger partial charge in [-0.15, -0.1) is 0 Å². The lowest BCUT2D eigenvalue weighted by atomic mass is 9.90. The molecular formula is C11H19N. The van der Waals surface area contributed by atoms with Gasteiger partial charge in [0.25, 0.3) is 0 Å². The van der Waals surface area contributed by atoms with Crippen molar-refractivity contribution in [3.05, 3.63) is 12.2 Å². The Morgan fingerprint density at radius 3 is 2.75 bits per heavy atom. The minimum absolute atomic E-state index is 0.833. The highest BCUT2D eigenvalue weighted by molar-refractivity contribution is 5.03. The Hall–Kier alpha value is -0.300. The van der Waals surface area contributed by atoms with Gasteiger partial charge >= 0.3 is 0 Å². The van der Waals surface area contributed by atoms with Crippen LogP contribution in [0.2, 0.25) is 0 Å². The summed E-state index contributed by atoms with van der Waals surface area (Å²) in [7, 11) is 0. The van der Waals surface area contributed by atoms with Crippen molar-refractivity contribution in [2.24, 2.45) is 17.8 Å². The zero-order chi connectivity index (χ0) is 8.55. The predicted octanol–water partition coefficient (Wildman–Crippen LogP) is 2.20. The summed E-state index contributed by atoms with van der Waals surface area (Å²) in [6.07, 6.45) is 4.21. The van der Waals surface area contributed by atoms with Crippen molar-refractivity contribution in [2.75, 3.05) is 13.1 Å². The van der Waals surface area contributed by atoms with E-state index < -0.39 is 0 Å². The zero-order valence-electron chi connectivity index (χ0n) is 7.97. The smallest absolute Gasteiger partial charge is 0.00176 e. The number of nitrogens with one attached hydrogen (secondary N) is 1. The lowest BCUT2D eigenvalue weighted by Crippen LogP contribution is -2.33. The third-order valence-corrected chi connectivity index (χ3v) is 3.64. The Bertz CT molecular complexity index is 171. The van der Waals surface area contributed by atoms with Crippen LogP contribution >= 0.6 is 0 Å². The van der Waals surface area contributed by atoms with Gasteiger partial charge in [-0.3, -0.25) is 0 Å². The van der Waals surface area contributed by atoms with E-state index in [1.165, 1.54) is 37.9 Å². The van der Waals surface area contributed by atoms with Gasteiger partial charge in [0, 0.05) is 0 Å². The van der Waals surface area contributed by atoms with Gasteiger partial charge in [0.1, 0.15) is 0 Å². The maximum absolute atomic E-state index is 4.07. The molecule has 2 rings (SSSR count). The molecule has 0 aromatic rings. The molecular weight excluding hydrogens is 146 g/mol. The number of hydrogen-bond acceptors (Lipinski definition) is 1. The molecule has 1 heterocycles. The molecule has 0 aromatic carbocycles. The van der Waals surface area contributed by atoms with Crippen molar-refractivity contribution in [1.29, 1.82) is 0 Å². The molecule has 3 unspecified atom stereocenters. The van der Waals surface area contributed by atoms with Gasteiger partial charge in [0.05, 0.1) is 0 Å². The summed E-state index contributed by atoms with van der Waals surface area (Å²) in [6.45, 7) is 8.76. The highest BCUT2D eigenvalue weighted by Gasteiger charge is 2.35. The van der Waals surface area contributed by atoms with E-state index in [9.17, 15) is 0 Å². The highest BCUT2D eigenvalue weighted by Crippen LogP contribution is 2.42. The topological polar surface area (TPSA) is 12.0 Å². The van der Waals surface area contributed by atoms with Crippen molar-refractivity contribution >= 4 is 0 Å². The summed E-state index contributed by atoms with van der Waals surface area (Å²) < 4.78 is 0. The van der Waals surface area contributed by atoms with Crippen LogP contribution in [0.1, 0.15) is 26.2 Å². The van der Waals surface area contributed by atoms with Crippen molar-refractivity contribution in [2.45, 2.75) is 26.2 Å². The minimum atomic E-state index is 0.833. The van der Waals surface area contributed by atoms with E-state index in [0.717, 1.165) is 17.8 Å². The molecule has 1 aliphatic carbocycles. The van der Waals surface area contributed by atoms with Crippen molar-refractivity contribution < 1.29 is 0 Å². The fourth-order valence-electron chi connectivity index (χ4n) is 2.79. The van der Waals surface area contributed by atoms with Gasteiger partial charge in [-0.1, -0.05) is 12.2 Å². The van der Waals surface area contributed by atoms with E-state index in [-0.39, 0.29) is 0 Å². The van der Waals surface area contributed by atoms with Crippen LogP contribution in [0.25, 0.3) is 0 Å². The average molecular weight is 165 g/mol. The molecule has 0 radical (unpaired) electrons. The molecule has 2 fully saturated rings. The molecule has 0 bridgehead atoms. The van der Waals surface area contributed by atoms with Gasteiger partial charge in [-0.25, -0.2) is 0 Å². The standard InChI is InChI=1S/C11H19N/c1-8(2)10-5-9-3-4-12-7-11(9)6-10/h9-12H,1,3-7H2,2H3. The maximum Gasteiger partial charge on any atom is -0.00176 e. The third kappa shape index (κ3) is 1.42. The summed E-state index contributed by atoms with van der Waals surface area (Å²) in [4.78, 5) is 0. The monoisotopic (exact) mass is 165 g/mol. The lowest BCUT2D eigenvalue weighted by molar-refractivity contribution is 0.295. The first kappa shape index (κ1) is 8.31. The predicted molar refractivity (Wildman–Crippen MR) is 52.0 cm³/mol. The molecule has 0 amide bonds. The summed E-state index contributed by atoms with van der Waals surface area (Å²) in [6, 6.07) is 0. The molecule has 2 aliphatic rings. The van der Waals surface area contributed by atoms with Crippen LogP contribution in [0.3, 0.4) is 0 Å². The van der Waals surface area contributed by atoms with Gasteiger partial charge < -0.3 is 5.32 Å². The molecule has 1 saturated heterocycles. The number of hydrogen-bond donors (Lipinski definition) is 1. The lowest BCUT2D eigenvalue weighted by Gasteiger charge is -2.25. The van der Waals surface area contributed by atoms with Gasteiger partial charge in [-0.2, -0.15) is 0 Å². The third-order valence-electron chi connectivity index (χ3n) is 3.64. The van der Waals surface area contributed by atoms with Crippen LogP contribution in [0.5, 0.6) is 0 Å². The maximum atomic E-state index is 4.07. The number of piperidine rings is 1. The first-order chi connectivity index (χ1) is 5.77. The highest BCUT2D eigenvalue weighted by atomic mass is 14.9. The molecule has 12 heavy (non-hydrogen) atoms. The van der Waals surface area contributed by atoms with E-state index >= 15 is 0 Å². The van der Waals surface area contributed by atoms with Crippen LogP contribution in [-0.2, 0) is 0 Å². The van der Waals surface area contributed by atoms with Crippen LogP contribution < -0.4 is 5.32 Å². The Morgan fingerprint density at radius 1 is 1.33 bits per heavy atom. The molecule has 1 N–H and O–H groups in total. The second-order valence-corrected chi connectivity index (χ2v) is 4.53. The van der Waals surface area contributed by atoms with Gasteiger partial charge in [0.2, 0.25) is 0 Å². The summed E-state index contributed by atoms with van der Waals surface area (Å²) in [5, 5.41) is 3.49. The molecule has 68 valence electrons. The van der Waals surface area contributed by atoms with Crippen LogP contribution in [0, 0.1) is 17.8 Å². The number of allylic oxidation sites excluding steroid dienone is 1. The quantitative estimate of drug-likeness (QED) is 0.587. The Labute approximate surface area is 75.2 Å². The van der Waals surface area contributed by atoms with Crippen molar-refractivity contribution in [3.8, 4) is 0 Å². The molecule has 1 aliphatic heterocycles. The van der Waals surface area contributed by atoms with Crippen LogP contribution in [0.15, 0.2) is 12.2 Å². The average Bonchev–Trinajstić information content (AvgIpc) is 2.46. The summed E-state index contributed by atoms with van der Waals surface area (Å²) in [5.41, 5.74) is 1.41. The summed E-state index contributed by atoms with van der Waals surface area (Å²) >= 11 is 0. The normalized spacial score (nSPS) is 40.9. The molecule has 1 saturated carbocycles. The first-order valence-corrected chi connectivity index (χ1v) is 5.13. The second kappa shape index (κ2) is 3.21. The van der Waals surface area contributed by atoms with E-state index in [1.807, 2.05) is 0 Å². The van der Waals surface area contributed by atoms with Crippen LogP contribution in [0.4, 0.5) is 0 Å². The number of fused-ring (bicyclic) bond motifs is 1. The SMILES string of the molecule is C=C(C)C1CC2CCNCC2C1. The van der Waals surface area contributed by atoms with Gasteiger partial charge in [-0.05, 0) is 57.0 Å². The minimum Gasteiger partial charge on any atom is -0.316 e. The molecule has 3 atom stereocenters. The Morgan fingerprint density at radius 2 is 2.08 bits per heavy atom. The van der Waals surface area contributed by atoms with E-state index in [1.54, 1.807) is 0 Å². The van der Waals surface area contributed by atoms with E-state index in [4.69, 9.17) is 0 Å². The second-order valence-electron chi connectivity index (χ2n) is 4.53. The van der Waals surface area contributed by atoms with Crippen molar-refractivity contribution in [1.82, 2.24) is 5.32 Å².